The molecule has 0 amide bonds. The lowest BCUT2D eigenvalue weighted by molar-refractivity contribution is 0.676. The maximum absolute atomic E-state index is 12.3. The molecule has 1 rings (SSSR count). The Labute approximate surface area is 97.3 Å². The van der Waals surface area contributed by atoms with E-state index in [0.717, 1.165) is 11.1 Å². The second kappa shape index (κ2) is 5.66. The maximum atomic E-state index is 12.3. The molecule has 0 bridgehead atoms. The number of nitrogens with zero attached hydrogens (tertiary/aromatic N) is 2. The Balaban J connectivity index is 2.98. The summed E-state index contributed by atoms with van der Waals surface area (Å²) in [6.45, 7) is 4.33. The first-order valence-electron chi connectivity index (χ1n) is 5.20. The van der Waals surface area contributed by atoms with Gasteiger partial charge in [-0.15, -0.1) is 0 Å². The number of hydrogen-bond acceptors (Lipinski definition) is 3. The highest BCUT2D eigenvalue weighted by Crippen LogP contribution is 2.11. The minimum absolute atomic E-state index is 0.00871. The van der Waals surface area contributed by atoms with Crippen LogP contribution in [0.25, 0.3) is 0 Å². The van der Waals surface area contributed by atoms with E-state index >= 15 is 0 Å². The van der Waals surface area contributed by atoms with Gasteiger partial charge in [0.15, 0.2) is 0 Å². The Morgan fingerprint density at radius 3 is 2.81 bits per heavy atom. The number of rotatable bonds is 4. The van der Waals surface area contributed by atoms with Gasteiger partial charge in [0.1, 0.15) is 5.75 Å². The van der Waals surface area contributed by atoms with E-state index in [-0.39, 0.29) is 5.75 Å². The van der Waals surface area contributed by atoms with Gasteiger partial charge in [-0.05, 0) is 19.4 Å². The molecule has 1 atom stereocenters. The summed E-state index contributed by atoms with van der Waals surface area (Å²) in [7, 11) is -2.40. The van der Waals surface area contributed by atoms with Crippen LogP contribution in [0.2, 0.25) is 0 Å². The molecule has 0 aromatic heterocycles. The molecule has 4 heteroatoms. The quantitative estimate of drug-likeness (QED) is 0.806. The van der Waals surface area contributed by atoms with Crippen molar-refractivity contribution in [2.45, 2.75) is 19.6 Å². The van der Waals surface area contributed by atoms with Crippen molar-refractivity contribution in [1.29, 1.82) is 5.26 Å². The van der Waals surface area contributed by atoms with Gasteiger partial charge in [-0.2, -0.15) is 5.26 Å². The molecule has 0 radical (unpaired) electrons. The molecular formula is C12H16N2OS. The average molecular weight is 236 g/mol. The highest BCUT2D eigenvalue weighted by molar-refractivity contribution is 7.93. The summed E-state index contributed by atoms with van der Waals surface area (Å²) >= 11 is 0. The minimum Gasteiger partial charge on any atom is -0.248 e. The second-order valence-electron chi connectivity index (χ2n) is 3.65. The molecule has 0 saturated heterocycles. The molecule has 1 aromatic carbocycles. The fourth-order valence-corrected chi connectivity index (χ4v) is 3.20. The lowest BCUT2D eigenvalue weighted by Gasteiger charge is -2.06. The Morgan fingerprint density at radius 1 is 1.50 bits per heavy atom. The van der Waals surface area contributed by atoms with Crippen LogP contribution >= 0.6 is 0 Å². The van der Waals surface area contributed by atoms with Gasteiger partial charge >= 0.3 is 0 Å². The van der Waals surface area contributed by atoms with E-state index in [1.54, 1.807) is 0 Å². The first-order chi connectivity index (χ1) is 7.59. The molecule has 0 aliphatic heterocycles. The smallest absolute Gasteiger partial charge is 0.119 e. The van der Waals surface area contributed by atoms with Crippen molar-refractivity contribution >= 4 is 9.73 Å². The zero-order valence-electron chi connectivity index (χ0n) is 9.64. The molecule has 0 aliphatic carbocycles. The summed E-state index contributed by atoms with van der Waals surface area (Å²) in [5.41, 5.74) is 2.12. The molecule has 16 heavy (non-hydrogen) atoms. The third kappa shape index (κ3) is 3.67. The Hall–Kier alpha value is -1.34. The van der Waals surface area contributed by atoms with Crippen LogP contribution in [0.3, 0.4) is 0 Å². The van der Waals surface area contributed by atoms with E-state index in [1.807, 2.05) is 44.2 Å². The molecule has 1 unspecified atom stereocenters. The van der Waals surface area contributed by atoms with Gasteiger partial charge in [-0.1, -0.05) is 29.8 Å². The fraction of sp³-hybridized carbons (Fsp3) is 0.417. The normalized spacial score (nSPS) is 13.8. The number of hydrogen-bond donors (Lipinski definition) is 0. The van der Waals surface area contributed by atoms with Crippen molar-refractivity contribution < 1.29 is 4.21 Å². The van der Waals surface area contributed by atoms with Crippen LogP contribution in [-0.4, -0.2) is 16.5 Å². The van der Waals surface area contributed by atoms with E-state index in [4.69, 9.17) is 5.26 Å². The van der Waals surface area contributed by atoms with E-state index in [0.29, 0.717) is 12.3 Å². The molecule has 0 spiro atoms. The average Bonchev–Trinajstić information content (AvgIpc) is 2.17. The second-order valence-corrected chi connectivity index (χ2v) is 6.03. The summed E-state index contributed by atoms with van der Waals surface area (Å²) in [5.74, 6) is 0.380. The van der Waals surface area contributed by atoms with E-state index in [2.05, 4.69) is 4.36 Å². The minimum atomic E-state index is -2.40. The van der Waals surface area contributed by atoms with Crippen molar-refractivity contribution in [2.75, 3.05) is 12.3 Å². The van der Waals surface area contributed by atoms with E-state index in [9.17, 15) is 4.21 Å². The highest BCUT2D eigenvalue weighted by atomic mass is 32.2. The first kappa shape index (κ1) is 12.7. The van der Waals surface area contributed by atoms with Crippen LogP contribution in [0.5, 0.6) is 0 Å². The van der Waals surface area contributed by atoms with Gasteiger partial charge in [0.05, 0.1) is 21.6 Å². The van der Waals surface area contributed by atoms with Crippen LogP contribution in [0.4, 0.5) is 0 Å². The fourth-order valence-electron chi connectivity index (χ4n) is 1.54. The Bertz CT molecular complexity index is 508. The van der Waals surface area contributed by atoms with Gasteiger partial charge in [-0.25, -0.2) is 8.57 Å². The lowest BCUT2D eigenvalue weighted by Crippen LogP contribution is -2.08. The van der Waals surface area contributed by atoms with Crippen molar-refractivity contribution in [1.82, 2.24) is 0 Å². The van der Waals surface area contributed by atoms with Gasteiger partial charge in [0.2, 0.25) is 0 Å². The van der Waals surface area contributed by atoms with Crippen LogP contribution in [-0.2, 0) is 15.5 Å². The molecule has 86 valence electrons. The number of aryl methyl sites for hydroxylation is 1. The summed E-state index contributed by atoms with van der Waals surface area (Å²) in [6.07, 6.45) is 0. The van der Waals surface area contributed by atoms with E-state index < -0.39 is 9.73 Å². The first-order valence-corrected chi connectivity index (χ1v) is 7.06. The largest absolute Gasteiger partial charge is 0.248 e. The van der Waals surface area contributed by atoms with Crippen LogP contribution in [0.1, 0.15) is 18.1 Å². The van der Waals surface area contributed by atoms with Crippen molar-refractivity contribution in [3.05, 3.63) is 35.4 Å². The summed E-state index contributed by atoms with van der Waals surface area (Å²) in [5, 5.41) is 8.67. The molecule has 1 aromatic rings. The number of nitriles is 1. The zero-order chi connectivity index (χ0) is 12.0. The zero-order valence-corrected chi connectivity index (χ0v) is 10.5. The van der Waals surface area contributed by atoms with Gasteiger partial charge in [0.25, 0.3) is 0 Å². The molecule has 3 nitrogen and oxygen atoms in total. The highest BCUT2D eigenvalue weighted by Gasteiger charge is 2.09. The lowest BCUT2D eigenvalue weighted by atomic mass is 10.2. The molecule has 0 fully saturated rings. The molecule has 0 N–H and O–H groups in total. The van der Waals surface area contributed by atoms with Crippen molar-refractivity contribution in [3.8, 4) is 6.07 Å². The summed E-state index contributed by atoms with van der Waals surface area (Å²) in [4.78, 5) is 0. The maximum Gasteiger partial charge on any atom is 0.119 e. The SMILES string of the molecule is CCN=S(=O)(CC#N)Cc1cccc(C)c1. The Morgan fingerprint density at radius 2 is 2.25 bits per heavy atom. The summed E-state index contributed by atoms with van der Waals surface area (Å²) in [6, 6.07) is 9.80. The predicted octanol–water partition coefficient (Wildman–Crippen LogP) is 2.51. The topological polar surface area (TPSA) is 53.2 Å². The van der Waals surface area contributed by atoms with Gasteiger partial charge in [0, 0.05) is 6.54 Å². The molecule has 0 saturated carbocycles. The molecule has 0 aliphatic rings. The number of benzene rings is 1. The van der Waals surface area contributed by atoms with Crippen molar-refractivity contribution in [3.63, 3.8) is 0 Å². The third-order valence-corrected chi connectivity index (χ3v) is 4.22. The van der Waals surface area contributed by atoms with Crippen LogP contribution < -0.4 is 0 Å². The molecular weight excluding hydrogens is 220 g/mol. The standard InChI is InChI=1S/C12H16N2OS/c1-3-14-16(15,8-7-13)10-12-6-4-5-11(2)9-12/h4-6,9H,3,8,10H2,1-2H3. The Kier molecular flexibility index (Phi) is 4.51. The molecule has 0 heterocycles. The van der Waals surface area contributed by atoms with Crippen LogP contribution in [0, 0.1) is 18.3 Å². The van der Waals surface area contributed by atoms with Crippen LogP contribution in [0.15, 0.2) is 28.6 Å². The van der Waals surface area contributed by atoms with E-state index in [1.165, 1.54) is 0 Å². The van der Waals surface area contributed by atoms with Gasteiger partial charge in [-0.3, -0.25) is 0 Å². The predicted molar refractivity (Wildman–Crippen MR) is 66.5 cm³/mol. The van der Waals surface area contributed by atoms with Crippen molar-refractivity contribution in [2.24, 2.45) is 4.36 Å². The third-order valence-electron chi connectivity index (χ3n) is 2.13. The van der Waals surface area contributed by atoms with Gasteiger partial charge < -0.3 is 0 Å². The monoisotopic (exact) mass is 236 g/mol. The summed E-state index contributed by atoms with van der Waals surface area (Å²) < 4.78 is 16.4.